The zero-order valence-corrected chi connectivity index (χ0v) is 13.4. The highest BCUT2D eigenvalue weighted by Crippen LogP contribution is 2.20. The first-order chi connectivity index (χ1) is 8.09. The van der Waals surface area contributed by atoms with E-state index in [0.717, 1.165) is 12.8 Å². The van der Waals surface area contributed by atoms with Gasteiger partial charge in [-0.3, -0.25) is 0 Å². The average molecular weight is 249 g/mol. The Labute approximate surface area is 109 Å². The van der Waals surface area contributed by atoms with Crippen LogP contribution in [0.4, 0.5) is 0 Å². The van der Waals surface area contributed by atoms with Gasteiger partial charge in [0.1, 0.15) is 0 Å². The molecule has 1 N–H and O–H groups in total. The molecule has 0 bridgehead atoms. The van der Waals surface area contributed by atoms with Crippen LogP contribution >= 0.6 is 0 Å². The Bertz CT molecular complexity index is 119. The standard InChI is InChI=1S/C8H17NO2.3C2H6/c1-6-4-7(9(2)3)5-8(10)11-6;3*1-2/h6-8,10H,4-5H2,1-3H3;3*1-2H3/t6?,7?,8-;;;/m1.../s1. The van der Waals surface area contributed by atoms with Gasteiger partial charge >= 0.3 is 0 Å². The molecule has 0 amide bonds. The third kappa shape index (κ3) is 12.1. The van der Waals surface area contributed by atoms with Gasteiger partial charge in [-0.1, -0.05) is 41.5 Å². The molecule has 1 fully saturated rings. The molecule has 1 rings (SSSR count). The summed E-state index contributed by atoms with van der Waals surface area (Å²) in [6.45, 7) is 14.0. The highest BCUT2D eigenvalue weighted by molar-refractivity contribution is 4.75. The highest BCUT2D eigenvalue weighted by Gasteiger charge is 2.26. The molecule has 0 aromatic rings. The largest absolute Gasteiger partial charge is 0.368 e. The van der Waals surface area contributed by atoms with Gasteiger partial charge in [-0.15, -0.1) is 0 Å². The van der Waals surface area contributed by atoms with Gasteiger partial charge in [-0.05, 0) is 27.4 Å². The first kappa shape index (κ1) is 22.1. The molecule has 3 heteroatoms. The molecule has 1 aliphatic heterocycles. The molecule has 0 saturated carbocycles. The van der Waals surface area contributed by atoms with Gasteiger partial charge in [0.15, 0.2) is 6.29 Å². The van der Waals surface area contributed by atoms with Gasteiger partial charge in [-0.2, -0.15) is 0 Å². The SMILES string of the molecule is CC.CC.CC.CC1CC(N(C)C)C[C@H](O)O1. The second-order valence-corrected chi connectivity index (χ2v) is 3.49. The van der Waals surface area contributed by atoms with Crippen LogP contribution in [0.1, 0.15) is 61.3 Å². The summed E-state index contributed by atoms with van der Waals surface area (Å²) in [7, 11) is 4.07. The maximum atomic E-state index is 9.25. The van der Waals surface area contributed by atoms with Crippen LogP contribution in [0.3, 0.4) is 0 Å². The van der Waals surface area contributed by atoms with Gasteiger partial charge in [0, 0.05) is 12.5 Å². The predicted octanol–water partition coefficient (Wildman–Crippen LogP) is 3.51. The number of hydrogen-bond acceptors (Lipinski definition) is 3. The van der Waals surface area contributed by atoms with Crippen molar-refractivity contribution in [1.82, 2.24) is 4.90 Å². The molecule has 0 radical (unpaired) electrons. The van der Waals surface area contributed by atoms with Gasteiger partial charge in [0.25, 0.3) is 0 Å². The minimum atomic E-state index is -0.564. The Morgan fingerprint density at radius 1 is 0.941 bits per heavy atom. The first-order valence-electron chi connectivity index (χ1n) is 7.09. The molecule has 0 aromatic carbocycles. The summed E-state index contributed by atoms with van der Waals surface area (Å²) in [5.74, 6) is 0. The van der Waals surface area contributed by atoms with Crippen molar-refractivity contribution in [2.75, 3.05) is 14.1 Å². The summed E-state index contributed by atoms with van der Waals surface area (Å²) in [6.07, 6.45) is 1.37. The van der Waals surface area contributed by atoms with Gasteiger partial charge in [0.2, 0.25) is 0 Å². The first-order valence-corrected chi connectivity index (χ1v) is 7.09. The molecule has 3 atom stereocenters. The van der Waals surface area contributed by atoms with Crippen LogP contribution < -0.4 is 0 Å². The zero-order valence-electron chi connectivity index (χ0n) is 13.4. The van der Waals surface area contributed by atoms with E-state index in [4.69, 9.17) is 4.74 Å². The van der Waals surface area contributed by atoms with Crippen molar-refractivity contribution in [2.24, 2.45) is 0 Å². The molecule has 3 nitrogen and oxygen atoms in total. The van der Waals surface area contributed by atoms with Crippen LogP contribution in [0.5, 0.6) is 0 Å². The molecular formula is C14H35NO2. The molecule has 0 aliphatic carbocycles. The van der Waals surface area contributed by atoms with Crippen LogP contribution in [0.25, 0.3) is 0 Å². The summed E-state index contributed by atoms with van der Waals surface area (Å²) in [6, 6.07) is 0.466. The van der Waals surface area contributed by atoms with E-state index >= 15 is 0 Å². The summed E-state index contributed by atoms with van der Waals surface area (Å²) >= 11 is 0. The Balaban J connectivity index is -0.000000285. The third-order valence-electron chi connectivity index (χ3n) is 2.20. The van der Waals surface area contributed by atoms with Crippen molar-refractivity contribution in [3.8, 4) is 0 Å². The van der Waals surface area contributed by atoms with Crippen molar-refractivity contribution in [1.29, 1.82) is 0 Å². The Hall–Kier alpha value is -0.120. The normalized spacial score (nSPS) is 26.6. The van der Waals surface area contributed by atoms with Crippen molar-refractivity contribution < 1.29 is 9.84 Å². The fourth-order valence-electron chi connectivity index (χ4n) is 1.51. The fraction of sp³-hybridized carbons (Fsp3) is 1.00. The summed E-state index contributed by atoms with van der Waals surface area (Å²) in [5.41, 5.74) is 0. The molecule has 17 heavy (non-hydrogen) atoms. The topological polar surface area (TPSA) is 32.7 Å². The number of rotatable bonds is 1. The second-order valence-electron chi connectivity index (χ2n) is 3.49. The summed E-state index contributed by atoms with van der Waals surface area (Å²) < 4.78 is 5.20. The molecule has 0 aromatic heterocycles. The van der Waals surface area contributed by atoms with Crippen LogP contribution in [0.15, 0.2) is 0 Å². The Morgan fingerprint density at radius 2 is 1.35 bits per heavy atom. The Morgan fingerprint density at radius 3 is 1.65 bits per heavy atom. The van der Waals surface area contributed by atoms with E-state index in [2.05, 4.69) is 4.90 Å². The van der Waals surface area contributed by atoms with E-state index in [1.54, 1.807) is 0 Å². The lowest BCUT2D eigenvalue weighted by atomic mass is 10.0. The van der Waals surface area contributed by atoms with Crippen LogP contribution in [0.2, 0.25) is 0 Å². The lowest BCUT2D eigenvalue weighted by Gasteiger charge is -2.34. The van der Waals surface area contributed by atoms with Crippen molar-refractivity contribution in [3.05, 3.63) is 0 Å². The number of nitrogens with zero attached hydrogens (tertiary/aromatic N) is 1. The average Bonchev–Trinajstić information content (AvgIpc) is 2.35. The monoisotopic (exact) mass is 249 g/mol. The highest BCUT2D eigenvalue weighted by atomic mass is 16.6. The molecule has 2 unspecified atom stereocenters. The minimum Gasteiger partial charge on any atom is -0.368 e. The zero-order chi connectivity index (χ0) is 14.4. The van der Waals surface area contributed by atoms with Crippen molar-refractivity contribution in [3.63, 3.8) is 0 Å². The summed E-state index contributed by atoms with van der Waals surface area (Å²) in [5, 5.41) is 9.25. The number of hydrogen-bond donors (Lipinski definition) is 1. The van der Waals surface area contributed by atoms with E-state index in [9.17, 15) is 5.11 Å². The van der Waals surface area contributed by atoms with Crippen LogP contribution in [-0.4, -0.2) is 42.5 Å². The van der Waals surface area contributed by atoms with Crippen LogP contribution in [-0.2, 0) is 4.74 Å². The van der Waals surface area contributed by atoms with E-state index < -0.39 is 6.29 Å². The minimum absolute atomic E-state index is 0.186. The number of aliphatic hydroxyl groups excluding tert-OH is 1. The molecule has 1 heterocycles. The summed E-state index contributed by atoms with van der Waals surface area (Å²) in [4.78, 5) is 2.14. The second kappa shape index (κ2) is 15.9. The van der Waals surface area contributed by atoms with Crippen molar-refractivity contribution in [2.45, 2.75) is 79.7 Å². The fourth-order valence-corrected chi connectivity index (χ4v) is 1.51. The van der Waals surface area contributed by atoms with E-state index in [1.807, 2.05) is 62.6 Å². The Kier molecular flexibility index (Phi) is 20.6. The van der Waals surface area contributed by atoms with Crippen LogP contribution in [0, 0.1) is 0 Å². The molecular weight excluding hydrogens is 214 g/mol. The van der Waals surface area contributed by atoms with E-state index in [0.29, 0.717) is 6.04 Å². The third-order valence-corrected chi connectivity index (χ3v) is 2.20. The van der Waals surface area contributed by atoms with Crippen molar-refractivity contribution >= 4 is 0 Å². The number of ether oxygens (including phenoxy) is 1. The number of aliphatic hydroxyl groups is 1. The molecule has 1 saturated heterocycles. The molecule has 0 spiro atoms. The van der Waals surface area contributed by atoms with Gasteiger partial charge in [0.05, 0.1) is 6.10 Å². The molecule has 108 valence electrons. The molecule has 1 aliphatic rings. The maximum absolute atomic E-state index is 9.25. The predicted molar refractivity (Wildman–Crippen MR) is 77.3 cm³/mol. The van der Waals surface area contributed by atoms with Gasteiger partial charge in [-0.25, -0.2) is 0 Å². The van der Waals surface area contributed by atoms with E-state index in [1.165, 1.54) is 0 Å². The van der Waals surface area contributed by atoms with Gasteiger partial charge < -0.3 is 14.7 Å². The maximum Gasteiger partial charge on any atom is 0.156 e. The quantitative estimate of drug-likeness (QED) is 0.772. The lowest BCUT2D eigenvalue weighted by molar-refractivity contribution is -0.172. The lowest BCUT2D eigenvalue weighted by Crippen LogP contribution is -2.41. The van der Waals surface area contributed by atoms with E-state index in [-0.39, 0.29) is 6.10 Å². The smallest absolute Gasteiger partial charge is 0.156 e.